The number of hydrogen-bond donors (Lipinski definition) is 0. The summed E-state index contributed by atoms with van der Waals surface area (Å²) in [7, 11) is 0. The van der Waals surface area contributed by atoms with Crippen LogP contribution in [0.3, 0.4) is 0 Å². The van der Waals surface area contributed by atoms with Crippen molar-refractivity contribution in [1.29, 1.82) is 0 Å². The zero-order chi connectivity index (χ0) is 7.33. The van der Waals surface area contributed by atoms with Gasteiger partial charge in [-0.15, -0.1) is 0 Å². The third kappa shape index (κ3) is 7.46. The van der Waals surface area contributed by atoms with Crippen LogP contribution in [0.15, 0.2) is 5.11 Å². The highest BCUT2D eigenvalue weighted by Gasteiger charge is 2.22. The summed E-state index contributed by atoms with van der Waals surface area (Å²) < 4.78 is 23.3. The van der Waals surface area contributed by atoms with E-state index in [1.165, 1.54) is 0 Å². The second-order valence-corrected chi connectivity index (χ2v) is 1.87. The normalized spacial score (nSPS) is 10.6. The van der Waals surface area contributed by atoms with E-state index in [4.69, 9.17) is 5.53 Å². The first kappa shape index (κ1) is 8.46. The molecule has 0 aromatic rings. The van der Waals surface area contributed by atoms with Crippen LogP contribution in [0.1, 0.15) is 6.42 Å². The molecule has 0 rings (SSSR count). The molecule has 0 aliphatic rings. The van der Waals surface area contributed by atoms with Gasteiger partial charge in [0.2, 0.25) is 0 Å². The van der Waals surface area contributed by atoms with Crippen molar-refractivity contribution in [3.05, 3.63) is 10.4 Å². The van der Waals surface area contributed by atoms with E-state index in [1.807, 2.05) is 0 Å². The predicted octanol–water partition coefficient (Wildman–Crippen LogP) is 2.52. The lowest BCUT2D eigenvalue weighted by Gasteiger charge is -2.02. The van der Waals surface area contributed by atoms with E-state index in [-0.39, 0.29) is 6.54 Å². The third-order valence-electron chi connectivity index (χ3n) is 0.559. The van der Waals surface area contributed by atoms with Crippen LogP contribution in [0, 0.1) is 0 Å². The third-order valence-corrected chi connectivity index (χ3v) is 0.748. The van der Waals surface area contributed by atoms with Crippen molar-refractivity contribution in [3.8, 4) is 0 Å². The van der Waals surface area contributed by atoms with Gasteiger partial charge in [-0.05, 0) is 17.1 Å². The zero-order valence-electron chi connectivity index (χ0n) is 4.39. The first-order valence-electron chi connectivity index (χ1n) is 2.14. The molecule has 0 N–H and O–H groups in total. The van der Waals surface area contributed by atoms with Gasteiger partial charge in [-0.3, -0.25) is 0 Å². The van der Waals surface area contributed by atoms with E-state index in [2.05, 4.69) is 21.6 Å². The summed E-state index contributed by atoms with van der Waals surface area (Å²) in [6.45, 7) is -0.271. The zero-order valence-corrected chi connectivity index (χ0v) is 5.15. The average molecular weight is 156 g/mol. The second-order valence-electron chi connectivity index (χ2n) is 1.32. The molecular weight excluding hydrogens is 152 g/mol. The number of alkyl halides is 3. The minimum Gasteiger partial charge on any atom is -0.188 e. The van der Waals surface area contributed by atoms with E-state index in [0.29, 0.717) is 0 Å². The molecule has 0 atom stereocenters. The van der Waals surface area contributed by atoms with Crippen LogP contribution in [0.4, 0.5) is 8.78 Å². The second kappa shape index (κ2) is 3.48. The summed E-state index contributed by atoms with van der Waals surface area (Å²) in [5, 5.41) is -0.369. The van der Waals surface area contributed by atoms with Gasteiger partial charge in [0.05, 0.1) is 0 Å². The Kier molecular flexibility index (Phi) is 3.27. The molecule has 0 amide bonds. The molecule has 52 valence electrons. The van der Waals surface area contributed by atoms with Crippen molar-refractivity contribution < 1.29 is 8.78 Å². The minimum absolute atomic E-state index is 0.271. The van der Waals surface area contributed by atoms with Crippen LogP contribution in [0.25, 0.3) is 10.4 Å². The van der Waals surface area contributed by atoms with Gasteiger partial charge in [0.15, 0.2) is 0 Å². The molecule has 0 saturated carbocycles. The van der Waals surface area contributed by atoms with Crippen LogP contribution in [0.2, 0.25) is 0 Å². The van der Waals surface area contributed by atoms with Crippen molar-refractivity contribution in [2.24, 2.45) is 5.11 Å². The van der Waals surface area contributed by atoms with E-state index >= 15 is 0 Å². The maximum absolute atomic E-state index is 11.6. The number of hydrogen-bond acceptors (Lipinski definition) is 1. The Labute approximate surface area is 55.2 Å². The van der Waals surface area contributed by atoms with Gasteiger partial charge in [-0.25, -0.2) is 0 Å². The number of halogens is 3. The first-order chi connectivity index (χ1) is 4.06. The SMILES string of the molecule is [N-]=[N+]=NCCC(F)(F)Cl. The highest BCUT2D eigenvalue weighted by atomic mass is 35.5. The van der Waals surface area contributed by atoms with Crippen molar-refractivity contribution in [2.75, 3.05) is 6.54 Å². The summed E-state index contributed by atoms with van der Waals surface area (Å²) in [6.07, 6.45) is -0.612. The molecule has 6 heteroatoms. The van der Waals surface area contributed by atoms with E-state index in [9.17, 15) is 8.78 Å². The summed E-state index contributed by atoms with van der Waals surface area (Å²) in [5.74, 6) is 0. The maximum Gasteiger partial charge on any atom is 0.321 e. The molecule has 0 bridgehead atoms. The van der Waals surface area contributed by atoms with Gasteiger partial charge in [0.1, 0.15) is 0 Å². The number of rotatable bonds is 3. The lowest BCUT2D eigenvalue weighted by atomic mass is 10.4. The number of nitrogens with zero attached hydrogens (tertiary/aromatic N) is 3. The standard InChI is InChI=1S/C3H4ClF2N3/c4-3(5,6)1-2-8-9-7/h1-2H2. The topological polar surface area (TPSA) is 48.8 Å². The van der Waals surface area contributed by atoms with Crippen LogP contribution >= 0.6 is 11.6 Å². The van der Waals surface area contributed by atoms with Gasteiger partial charge in [-0.2, -0.15) is 8.78 Å². The molecule has 0 spiro atoms. The Morgan fingerprint density at radius 1 is 1.67 bits per heavy atom. The van der Waals surface area contributed by atoms with Crippen LogP contribution in [-0.2, 0) is 0 Å². The smallest absolute Gasteiger partial charge is 0.188 e. The summed E-state index contributed by atoms with van der Waals surface area (Å²) in [6, 6.07) is 0. The van der Waals surface area contributed by atoms with Gasteiger partial charge in [0, 0.05) is 17.9 Å². The lowest BCUT2D eigenvalue weighted by molar-refractivity contribution is 0.0891. The molecule has 0 heterocycles. The molecule has 0 saturated heterocycles. The Morgan fingerprint density at radius 2 is 2.22 bits per heavy atom. The Balaban J connectivity index is 3.39. The average Bonchev–Trinajstić information content (AvgIpc) is 1.63. The van der Waals surface area contributed by atoms with Gasteiger partial charge < -0.3 is 0 Å². The fraction of sp³-hybridized carbons (Fsp3) is 1.00. The quantitative estimate of drug-likeness (QED) is 0.260. The van der Waals surface area contributed by atoms with Crippen molar-refractivity contribution in [1.82, 2.24) is 0 Å². The lowest BCUT2D eigenvalue weighted by Crippen LogP contribution is -2.06. The molecule has 0 radical (unpaired) electrons. The molecule has 0 aromatic carbocycles. The van der Waals surface area contributed by atoms with Gasteiger partial charge in [0.25, 0.3) is 0 Å². The van der Waals surface area contributed by atoms with E-state index in [1.54, 1.807) is 0 Å². The van der Waals surface area contributed by atoms with Crippen LogP contribution in [0.5, 0.6) is 0 Å². The summed E-state index contributed by atoms with van der Waals surface area (Å²) in [5.41, 5.74) is 7.63. The van der Waals surface area contributed by atoms with Crippen molar-refractivity contribution in [3.63, 3.8) is 0 Å². The molecule has 0 aromatic heterocycles. The Bertz CT molecular complexity index is 126. The molecular formula is C3H4ClF2N3. The van der Waals surface area contributed by atoms with Crippen molar-refractivity contribution >= 4 is 11.6 Å². The fourth-order valence-electron chi connectivity index (χ4n) is 0.221. The Morgan fingerprint density at radius 3 is 2.56 bits per heavy atom. The largest absolute Gasteiger partial charge is 0.321 e. The maximum atomic E-state index is 11.6. The molecule has 9 heavy (non-hydrogen) atoms. The summed E-state index contributed by atoms with van der Waals surface area (Å²) >= 11 is 4.45. The van der Waals surface area contributed by atoms with E-state index < -0.39 is 11.8 Å². The number of azide groups is 1. The fourth-order valence-corrected chi connectivity index (χ4v) is 0.306. The molecule has 3 nitrogen and oxygen atoms in total. The van der Waals surface area contributed by atoms with Gasteiger partial charge >= 0.3 is 5.38 Å². The minimum atomic E-state index is -3.24. The van der Waals surface area contributed by atoms with E-state index in [0.717, 1.165) is 0 Å². The highest BCUT2D eigenvalue weighted by molar-refractivity contribution is 6.21. The highest BCUT2D eigenvalue weighted by Crippen LogP contribution is 2.22. The summed E-state index contributed by atoms with van der Waals surface area (Å²) in [4.78, 5) is 2.27. The predicted molar refractivity (Wildman–Crippen MR) is 29.4 cm³/mol. The van der Waals surface area contributed by atoms with Crippen LogP contribution in [-0.4, -0.2) is 11.9 Å². The molecule has 0 aliphatic heterocycles. The monoisotopic (exact) mass is 155 g/mol. The molecule has 0 unspecified atom stereocenters. The Hall–Kier alpha value is -0.540. The molecule has 0 fully saturated rings. The van der Waals surface area contributed by atoms with Crippen LogP contribution < -0.4 is 0 Å². The molecule has 0 aliphatic carbocycles. The van der Waals surface area contributed by atoms with Crippen molar-refractivity contribution in [2.45, 2.75) is 11.8 Å². The van der Waals surface area contributed by atoms with Gasteiger partial charge in [-0.1, -0.05) is 5.11 Å². The first-order valence-corrected chi connectivity index (χ1v) is 2.51.